The maximum Gasteiger partial charge on any atom is 0.251 e. The van der Waals surface area contributed by atoms with Crippen LogP contribution in [0.15, 0.2) is 30.3 Å². The standard InChI is InChI=1S/C20H28N4O3/c1-13(2)22-18(25)9-8-16-11-21-20(27)17-10-15(12-24(16)17)23-19(26)14-6-4-3-5-7-14/h3-7,13,15-17H,8-12H2,1-2H3,(H,21,27)(H,22,25)(H,23,26)/t15-,16+,17-/m0/s1. The van der Waals surface area contributed by atoms with E-state index in [0.717, 1.165) is 0 Å². The molecule has 2 aliphatic heterocycles. The van der Waals surface area contributed by atoms with Crippen molar-refractivity contribution in [1.82, 2.24) is 20.9 Å². The predicted molar refractivity (Wildman–Crippen MR) is 102 cm³/mol. The second kappa shape index (κ2) is 8.52. The van der Waals surface area contributed by atoms with Crippen LogP contribution < -0.4 is 16.0 Å². The first-order valence-electron chi connectivity index (χ1n) is 9.62. The van der Waals surface area contributed by atoms with Crippen molar-refractivity contribution < 1.29 is 14.4 Å². The van der Waals surface area contributed by atoms with Gasteiger partial charge in [-0.15, -0.1) is 0 Å². The average Bonchev–Trinajstić information content (AvgIpc) is 3.06. The minimum atomic E-state index is -0.238. The molecule has 146 valence electrons. The fourth-order valence-corrected chi connectivity index (χ4v) is 3.90. The molecule has 27 heavy (non-hydrogen) atoms. The van der Waals surface area contributed by atoms with Gasteiger partial charge in [0.05, 0.1) is 6.04 Å². The molecular formula is C20H28N4O3. The number of hydrogen-bond donors (Lipinski definition) is 3. The summed E-state index contributed by atoms with van der Waals surface area (Å²) in [5.41, 5.74) is 0.619. The molecule has 0 aromatic heterocycles. The lowest BCUT2D eigenvalue weighted by atomic mass is 10.0. The van der Waals surface area contributed by atoms with Crippen LogP contribution in [0.2, 0.25) is 0 Å². The molecule has 1 aromatic rings. The summed E-state index contributed by atoms with van der Waals surface area (Å²) in [6, 6.07) is 9.02. The van der Waals surface area contributed by atoms with E-state index in [1.54, 1.807) is 12.1 Å². The van der Waals surface area contributed by atoms with E-state index < -0.39 is 0 Å². The van der Waals surface area contributed by atoms with Crippen molar-refractivity contribution in [2.75, 3.05) is 13.1 Å². The molecule has 3 rings (SSSR count). The minimum absolute atomic E-state index is 0.00865. The summed E-state index contributed by atoms with van der Waals surface area (Å²) in [7, 11) is 0. The van der Waals surface area contributed by atoms with Crippen LogP contribution >= 0.6 is 0 Å². The highest BCUT2D eigenvalue weighted by atomic mass is 16.2. The second-order valence-corrected chi connectivity index (χ2v) is 7.64. The fraction of sp³-hybridized carbons (Fsp3) is 0.550. The van der Waals surface area contributed by atoms with E-state index in [4.69, 9.17) is 0 Å². The third-order valence-corrected chi connectivity index (χ3v) is 5.15. The smallest absolute Gasteiger partial charge is 0.251 e. The van der Waals surface area contributed by atoms with Crippen molar-refractivity contribution >= 4 is 17.7 Å². The van der Waals surface area contributed by atoms with E-state index in [2.05, 4.69) is 20.9 Å². The monoisotopic (exact) mass is 372 g/mol. The lowest BCUT2D eigenvalue weighted by Crippen LogP contribution is -2.58. The Kier molecular flexibility index (Phi) is 6.11. The third kappa shape index (κ3) is 4.86. The highest BCUT2D eigenvalue weighted by Gasteiger charge is 2.43. The molecule has 0 radical (unpaired) electrons. The molecule has 0 saturated carbocycles. The first-order chi connectivity index (χ1) is 12.9. The van der Waals surface area contributed by atoms with E-state index in [1.807, 2.05) is 32.0 Å². The van der Waals surface area contributed by atoms with Crippen LogP contribution in [0.1, 0.15) is 43.5 Å². The molecule has 0 spiro atoms. The SMILES string of the molecule is CC(C)NC(=O)CC[C@@H]1CNC(=O)[C@@H]2C[C@H](NC(=O)c3ccccc3)CN12. The lowest BCUT2D eigenvalue weighted by molar-refractivity contribution is -0.129. The van der Waals surface area contributed by atoms with Crippen molar-refractivity contribution in [1.29, 1.82) is 0 Å². The molecule has 7 nitrogen and oxygen atoms in total. The third-order valence-electron chi connectivity index (χ3n) is 5.15. The van der Waals surface area contributed by atoms with E-state index in [9.17, 15) is 14.4 Å². The van der Waals surface area contributed by atoms with Gasteiger partial charge in [0.15, 0.2) is 0 Å². The fourth-order valence-electron chi connectivity index (χ4n) is 3.90. The van der Waals surface area contributed by atoms with Crippen molar-refractivity contribution in [2.45, 2.75) is 57.3 Å². The number of benzene rings is 1. The van der Waals surface area contributed by atoms with Gasteiger partial charge in [0.1, 0.15) is 0 Å². The maximum absolute atomic E-state index is 12.4. The largest absolute Gasteiger partial charge is 0.354 e. The zero-order chi connectivity index (χ0) is 19.4. The van der Waals surface area contributed by atoms with Gasteiger partial charge < -0.3 is 16.0 Å². The minimum Gasteiger partial charge on any atom is -0.354 e. The summed E-state index contributed by atoms with van der Waals surface area (Å²) >= 11 is 0. The summed E-state index contributed by atoms with van der Waals surface area (Å²) < 4.78 is 0. The van der Waals surface area contributed by atoms with E-state index in [-0.39, 0.29) is 41.9 Å². The van der Waals surface area contributed by atoms with Gasteiger partial charge in [0.25, 0.3) is 5.91 Å². The zero-order valence-electron chi connectivity index (χ0n) is 15.9. The van der Waals surface area contributed by atoms with E-state index in [1.165, 1.54) is 0 Å². The Morgan fingerprint density at radius 3 is 2.70 bits per heavy atom. The Bertz CT molecular complexity index is 692. The van der Waals surface area contributed by atoms with Gasteiger partial charge >= 0.3 is 0 Å². The molecule has 2 heterocycles. The first kappa shape index (κ1) is 19.4. The number of fused-ring (bicyclic) bond motifs is 1. The molecule has 0 bridgehead atoms. The van der Waals surface area contributed by atoms with Crippen LogP contribution in [-0.4, -0.2) is 59.9 Å². The molecule has 0 aliphatic carbocycles. The van der Waals surface area contributed by atoms with Gasteiger partial charge in [-0.05, 0) is 38.8 Å². The molecule has 1 aromatic carbocycles. The van der Waals surface area contributed by atoms with Gasteiger partial charge in [-0.2, -0.15) is 0 Å². The van der Waals surface area contributed by atoms with E-state index in [0.29, 0.717) is 37.9 Å². The van der Waals surface area contributed by atoms with Gasteiger partial charge in [-0.1, -0.05) is 18.2 Å². The van der Waals surface area contributed by atoms with Gasteiger partial charge in [0.2, 0.25) is 11.8 Å². The van der Waals surface area contributed by atoms with Crippen LogP contribution in [0.3, 0.4) is 0 Å². The van der Waals surface area contributed by atoms with Gasteiger partial charge in [0, 0.05) is 43.2 Å². The highest BCUT2D eigenvalue weighted by molar-refractivity contribution is 5.94. The molecule has 2 aliphatic rings. The number of piperazine rings is 1. The van der Waals surface area contributed by atoms with Crippen LogP contribution in [0, 0.1) is 0 Å². The van der Waals surface area contributed by atoms with Crippen molar-refractivity contribution in [3.8, 4) is 0 Å². The number of carbonyl (C=O) groups excluding carboxylic acids is 3. The highest BCUT2D eigenvalue weighted by Crippen LogP contribution is 2.26. The number of amides is 3. The number of rotatable bonds is 6. The number of nitrogens with zero attached hydrogens (tertiary/aromatic N) is 1. The molecule has 7 heteroatoms. The van der Waals surface area contributed by atoms with Crippen molar-refractivity contribution in [3.63, 3.8) is 0 Å². The molecule has 3 N–H and O–H groups in total. The Morgan fingerprint density at radius 1 is 1.26 bits per heavy atom. The molecule has 2 fully saturated rings. The summed E-state index contributed by atoms with van der Waals surface area (Å²) in [5.74, 6) is -0.0744. The quantitative estimate of drug-likeness (QED) is 0.684. The molecule has 2 saturated heterocycles. The second-order valence-electron chi connectivity index (χ2n) is 7.64. The summed E-state index contributed by atoms with van der Waals surface area (Å²) in [4.78, 5) is 38.8. The average molecular weight is 372 g/mol. The Balaban J connectivity index is 1.58. The number of carbonyl (C=O) groups is 3. The topological polar surface area (TPSA) is 90.5 Å². The molecule has 0 unspecified atom stereocenters. The van der Waals surface area contributed by atoms with Crippen LogP contribution in [0.5, 0.6) is 0 Å². The number of hydrogen-bond acceptors (Lipinski definition) is 4. The Labute approximate surface area is 159 Å². The maximum atomic E-state index is 12.4. The van der Waals surface area contributed by atoms with Crippen LogP contribution in [0.25, 0.3) is 0 Å². The normalized spacial score (nSPS) is 25.0. The van der Waals surface area contributed by atoms with Gasteiger partial charge in [-0.25, -0.2) is 0 Å². The Morgan fingerprint density at radius 2 is 2.00 bits per heavy atom. The first-order valence-corrected chi connectivity index (χ1v) is 9.62. The predicted octanol–water partition coefficient (Wildman–Crippen LogP) is 0.663. The molecular weight excluding hydrogens is 344 g/mol. The van der Waals surface area contributed by atoms with Crippen LogP contribution in [0.4, 0.5) is 0 Å². The van der Waals surface area contributed by atoms with Crippen LogP contribution in [-0.2, 0) is 9.59 Å². The summed E-state index contributed by atoms with van der Waals surface area (Å²) in [6.45, 7) is 5.06. The Hall–Kier alpha value is -2.41. The molecule has 3 amide bonds. The number of nitrogens with one attached hydrogen (secondary N) is 3. The summed E-state index contributed by atoms with van der Waals surface area (Å²) in [6.07, 6.45) is 1.72. The van der Waals surface area contributed by atoms with E-state index >= 15 is 0 Å². The summed E-state index contributed by atoms with van der Waals surface area (Å²) in [5, 5.41) is 8.89. The van der Waals surface area contributed by atoms with Crippen molar-refractivity contribution in [2.24, 2.45) is 0 Å². The van der Waals surface area contributed by atoms with Crippen molar-refractivity contribution in [3.05, 3.63) is 35.9 Å². The zero-order valence-corrected chi connectivity index (χ0v) is 15.9. The lowest BCUT2D eigenvalue weighted by Gasteiger charge is -2.37. The molecule has 3 atom stereocenters. The van der Waals surface area contributed by atoms with Gasteiger partial charge in [-0.3, -0.25) is 19.3 Å².